The molecule has 0 bridgehead atoms. The van der Waals surface area contributed by atoms with Gasteiger partial charge in [-0.15, -0.1) is 0 Å². The summed E-state index contributed by atoms with van der Waals surface area (Å²) in [6, 6.07) is 11.0. The maximum absolute atomic E-state index is 12.9. The monoisotopic (exact) mass is 383 g/mol. The second-order valence-electron chi connectivity index (χ2n) is 7.48. The second kappa shape index (κ2) is 7.54. The van der Waals surface area contributed by atoms with E-state index < -0.39 is 17.6 Å². The fourth-order valence-corrected chi connectivity index (χ4v) is 3.50. The molecule has 0 aromatic heterocycles. The van der Waals surface area contributed by atoms with Crippen molar-refractivity contribution in [2.24, 2.45) is 0 Å². The maximum atomic E-state index is 12.9. The van der Waals surface area contributed by atoms with Crippen molar-refractivity contribution < 1.29 is 24.2 Å². The van der Waals surface area contributed by atoms with Crippen LogP contribution in [0.3, 0.4) is 0 Å². The van der Waals surface area contributed by atoms with Crippen molar-refractivity contribution in [3.63, 3.8) is 0 Å². The SMILES string of the molecule is COc1cccc(C(C)(CC(=O)O)NC(=O)C2Cc3cc(C)c(C)cc3O2)c1. The highest BCUT2D eigenvalue weighted by atomic mass is 16.5. The fourth-order valence-electron chi connectivity index (χ4n) is 3.50. The molecule has 1 aliphatic rings. The van der Waals surface area contributed by atoms with E-state index in [0.29, 0.717) is 23.5 Å². The largest absolute Gasteiger partial charge is 0.497 e. The van der Waals surface area contributed by atoms with Crippen LogP contribution in [-0.4, -0.2) is 30.2 Å². The third-order valence-corrected chi connectivity index (χ3v) is 5.25. The number of rotatable bonds is 6. The predicted molar refractivity (Wildman–Crippen MR) is 105 cm³/mol. The normalized spacial score (nSPS) is 17.2. The van der Waals surface area contributed by atoms with E-state index in [-0.39, 0.29) is 12.3 Å². The summed E-state index contributed by atoms with van der Waals surface area (Å²) in [5.41, 5.74) is 2.80. The summed E-state index contributed by atoms with van der Waals surface area (Å²) in [6.45, 7) is 5.72. The zero-order valence-electron chi connectivity index (χ0n) is 16.5. The first-order valence-corrected chi connectivity index (χ1v) is 9.17. The maximum Gasteiger partial charge on any atom is 0.306 e. The Morgan fingerprint density at radius 2 is 1.96 bits per heavy atom. The number of carbonyl (C=O) groups is 2. The molecule has 0 radical (unpaired) electrons. The van der Waals surface area contributed by atoms with Gasteiger partial charge in [0.05, 0.1) is 19.1 Å². The first kappa shape index (κ1) is 19.7. The van der Waals surface area contributed by atoms with Gasteiger partial charge in [-0.1, -0.05) is 18.2 Å². The number of aliphatic carboxylic acids is 1. The molecule has 6 nitrogen and oxygen atoms in total. The summed E-state index contributed by atoms with van der Waals surface area (Å²) < 4.78 is 11.1. The van der Waals surface area contributed by atoms with Crippen LogP contribution >= 0.6 is 0 Å². The Balaban J connectivity index is 1.83. The molecule has 2 aromatic carbocycles. The lowest BCUT2D eigenvalue weighted by atomic mass is 9.88. The zero-order chi connectivity index (χ0) is 20.5. The standard InChI is InChI=1S/C22H25NO5/c1-13-8-15-10-19(28-18(15)9-14(13)2)21(26)23-22(3,12-20(24)25)16-6-5-7-17(11-16)27-4/h5-9,11,19H,10,12H2,1-4H3,(H,23,26)(H,24,25). The van der Waals surface area contributed by atoms with Gasteiger partial charge in [0, 0.05) is 6.42 Å². The second-order valence-corrected chi connectivity index (χ2v) is 7.48. The molecule has 2 aromatic rings. The van der Waals surface area contributed by atoms with Crippen molar-refractivity contribution in [2.45, 2.75) is 45.3 Å². The third kappa shape index (κ3) is 3.96. The molecule has 2 unspecified atom stereocenters. The van der Waals surface area contributed by atoms with Crippen LogP contribution < -0.4 is 14.8 Å². The topological polar surface area (TPSA) is 84.9 Å². The molecule has 0 aliphatic carbocycles. The Morgan fingerprint density at radius 1 is 1.25 bits per heavy atom. The molecule has 3 rings (SSSR count). The Bertz CT molecular complexity index is 892. The average molecular weight is 383 g/mol. The molecule has 28 heavy (non-hydrogen) atoms. The molecule has 2 N–H and O–H groups in total. The molecule has 6 heteroatoms. The van der Waals surface area contributed by atoms with Crippen LogP contribution in [0.2, 0.25) is 0 Å². The Hall–Kier alpha value is -3.02. The summed E-state index contributed by atoms with van der Waals surface area (Å²) in [5.74, 6) is -0.0334. The fraction of sp³-hybridized carbons (Fsp3) is 0.364. The number of carbonyl (C=O) groups excluding carboxylic acids is 1. The minimum atomic E-state index is -1.10. The molecule has 1 amide bonds. The van der Waals surface area contributed by atoms with Crippen molar-refractivity contribution >= 4 is 11.9 Å². The highest BCUT2D eigenvalue weighted by Crippen LogP contribution is 2.33. The molecular formula is C22H25NO5. The van der Waals surface area contributed by atoms with Crippen LogP contribution in [0.5, 0.6) is 11.5 Å². The van der Waals surface area contributed by atoms with Gasteiger partial charge in [-0.3, -0.25) is 9.59 Å². The van der Waals surface area contributed by atoms with Crippen LogP contribution in [0.15, 0.2) is 36.4 Å². The van der Waals surface area contributed by atoms with Crippen molar-refractivity contribution in [1.29, 1.82) is 0 Å². The van der Waals surface area contributed by atoms with Crippen LogP contribution in [0.25, 0.3) is 0 Å². The van der Waals surface area contributed by atoms with Crippen molar-refractivity contribution in [1.82, 2.24) is 5.32 Å². The van der Waals surface area contributed by atoms with E-state index in [1.54, 1.807) is 38.3 Å². The van der Waals surface area contributed by atoms with Gasteiger partial charge in [-0.05, 0) is 61.2 Å². The number of nitrogens with one attached hydrogen (secondary N) is 1. The smallest absolute Gasteiger partial charge is 0.306 e. The molecule has 2 atom stereocenters. The summed E-state index contributed by atoms with van der Waals surface area (Å²) in [4.78, 5) is 24.4. The van der Waals surface area contributed by atoms with Crippen molar-refractivity contribution in [3.05, 3.63) is 58.7 Å². The molecule has 0 saturated heterocycles. The number of aryl methyl sites for hydroxylation is 2. The Labute approximate surface area is 164 Å². The highest BCUT2D eigenvalue weighted by molar-refractivity contribution is 5.84. The van der Waals surface area contributed by atoms with Gasteiger partial charge >= 0.3 is 5.97 Å². The van der Waals surface area contributed by atoms with E-state index in [9.17, 15) is 14.7 Å². The zero-order valence-corrected chi connectivity index (χ0v) is 16.5. The molecule has 0 spiro atoms. The van der Waals surface area contributed by atoms with E-state index in [1.807, 2.05) is 26.0 Å². The number of ether oxygens (including phenoxy) is 2. The number of carboxylic acid groups (broad SMARTS) is 1. The number of amides is 1. The van der Waals surface area contributed by atoms with E-state index in [1.165, 1.54) is 0 Å². The van der Waals surface area contributed by atoms with Crippen molar-refractivity contribution in [3.8, 4) is 11.5 Å². The summed E-state index contributed by atoms with van der Waals surface area (Å²) >= 11 is 0. The van der Waals surface area contributed by atoms with E-state index in [4.69, 9.17) is 9.47 Å². The lowest BCUT2D eigenvalue weighted by Gasteiger charge is -2.31. The number of benzene rings is 2. The highest BCUT2D eigenvalue weighted by Gasteiger charge is 2.37. The van der Waals surface area contributed by atoms with Gasteiger partial charge in [0.25, 0.3) is 5.91 Å². The van der Waals surface area contributed by atoms with Gasteiger partial charge in [-0.25, -0.2) is 0 Å². The summed E-state index contributed by atoms with van der Waals surface area (Å²) in [6.07, 6.45) is -0.484. The molecule has 1 heterocycles. The Kier molecular flexibility index (Phi) is 5.31. The van der Waals surface area contributed by atoms with Crippen LogP contribution in [-0.2, 0) is 21.5 Å². The van der Waals surface area contributed by atoms with Gasteiger partial charge in [-0.2, -0.15) is 0 Å². The molecule has 1 aliphatic heterocycles. The summed E-state index contributed by atoms with van der Waals surface area (Å²) in [5, 5.41) is 12.3. The van der Waals surface area contributed by atoms with E-state index in [2.05, 4.69) is 5.32 Å². The molecular weight excluding hydrogens is 358 g/mol. The predicted octanol–water partition coefficient (Wildman–Crippen LogP) is 3.12. The third-order valence-electron chi connectivity index (χ3n) is 5.25. The average Bonchev–Trinajstić information content (AvgIpc) is 3.04. The number of carboxylic acids is 1. The van der Waals surface area contributed by atoms with Crippen LogP contribution in [0, 0.1) is 13.8 Å². The summed E-state index contributed by atoms with van der Waals surface area (Å²) in [7, 11) is 1.54. The number of fused-ring (bicyclic) bond motifs is 1. The lowest BCUT2D eigenvalue weighted by molar-refractivity contribution is -0.139. The molecule has 0 saturated carbocycles. The first-order valence-electron chi connectivity index (χ1n) is 9.17. The van der Waals surface area contributed by atoms with E-state index >= 15 is 0 Å². The minimum absolute atomic E-state index is 0.260. The first-order chi connectivity index (χ1) is 13.2. The number of methoxy groups -OCH3 is 1. The number of hydrogen-bond donors (Lipinski definition) is 2. The molecule has 0 fully saturated rings. The van der Waals surface area contributed by atoms with E-state index in [0.717, 1.165) is 16.7 Å². The quantitative estimate of drug-likeness (QED) is 0.801. The molecule has 148 valence electrons. The van der Waals surface area contributed by atoms with Gasteiger partial charge in [0.2, 0.25) is 0 Å². The van der Waals surface area contributed by atoms with Gasteiger partial charge < -0.3 is 19.9 Å². The number of hydrogen-bond acceptors (Lipinski definition) is 4. The van der Waals surface area contributed by atoms with Crippen LogP contribution in [0.4, 0.5) is 0 Å². The van der Waals surface area contributed by atoms with Crippen molar-refractivity contribution in [2.75, 3.05) is 7.11 Å². The Morgan fingerprint density at radius 3 is 2.64 bits per heavy atom. The lowest BCUT2D eigenvalue weighted by Crippen LogP contribution is -2.50. The van der Waals surface area contributed by atoms with Gasteiger partial charge in [0.15, 0.2) is 6.10 Å². The van der Waals surface area contributed by atoms with Gasteiger partial charge in [0.1, 0.15) is 11.5 Å². The minimum Gasteiger partial charge on any atom is -0.497 e. The van der Waals surface area contributed by atoms with Crippen LogP contribution in [0.1, 0.15) is 35.6 Å².